The first-order chi connectivity index (χ1) is 8.08. The molecule has 0 heterocycles. The van der Waals surface area contributed by atoms with Gasteiger partial charge < -0.3 is 5.73 Å². The molecule has 1 fully saturated rings. The smallest absolute Gasteiger partial charge is 0.217 e. The molecule has 1 aromatic carbocycles. The molecule has 1 aliphatic carbocycles. The van der Waals surface area contributed by atoms with Gasteiger partial charge in [0, 0.05) is 10.9 Å². The van der Waals surface area contributed by atoms with E-state index in [1.54, 1.807) is 0 Å². The summed E-state index contributed by atoms with van der Waals surface area (Å²) in [6, 6.07) is 8.53. The Morgan fingerprint density at radius 2 is 2.35 bits per heavy atom. The first kappa shape index (κ1) is 12.6. The third-order valence-electron chi connectivity index (χ3n) is 3.69. The Hall–Kier alpha value is -0.830. The van der Waals surface area contributed by atoms with Gasteiger partial charge in [-0.15, -0.1) is 0 Å². The first-order valence-corrected chi connectivity index (χ1v) is 6.91. The number of halogens is 1. The molecule has 1 amide bonds. The Labute approximate surface area is 111 Å². The molecule has 0 aromatic heterocycles. The number of carbonyl (C=O) groups excluding carboxylic acids is 1. The van der Waals surface area contributed by atoms with Gasteiger partial charge in [-0.05, 0) is 48.3 Å². The molecule has 3 unspecified atom stereocenters. The predicted octanol–water partition coefficient (Wildman–Crippen LogP) is 3.45. The van der Waals surface area contributed by atoms with E-state index >= 15 is 0 Å². The van der Waals surface area contributed by atoms with E-state index in [9.17, 15) is 4.79 Å². The summed E-state index contributed by atoms with van der Waals surface area (Å²) in [5, 5.41) is 0. The first-order valence-electron chi connectivity index (χ1n) is 6.11. The highest BCUT2D eigenvalue weighted by atomic mass is 79.9. The minimum Gasteiger partial charge on any atom is -0.370 e. The molecule has 1 aromatic rings. The molecule has 3 atom stereocenters. The van der Waals surface area contributed by atoms with Crippen molar-refractivity contribution >= 4 is 21.8 Å². The Morgan fingerprint density at radius 3 is 3.00 bits per heavy atom. The van der Waals surface area contributed by atoms with Crippen LogP contribution in [0.1, 0.15) is 37.7 Å². The minimum absolute atomic E-state index is 0.184. The molecule has 92 valence electrons. The molecule has 0 aliphatic heterocycles. The van der Waals surface area contributed by atoms with Crippen LogP contribution in [-0.4, -0.2) is 5.91 Å². The standard InChI is InChI=1S/C14H18BrNO/c1-9(5-6-14(16)17)12-8-13(12)10-3-2-4-11(15)7-10/h2-4,7,9,12-13H,5-6,8H2,1H3,(H2,16,17). The van der Waals surface area contributed by atoms with Crippen LogP contribution in [0, 0.1) is 11.8 Å². The maximum absolute atomic E-state index is 10.8. The highest BCUT2D eigenvalue weighted by Gasteiger charge is 2.41. The highest BCUT2D eigenvalue weighted by molar-refractivity contribution is 9.10. The summed E-state index contributed by atoms with van der Waals surface area (Å²) in [5.41, 5.74) is 6.59. The second-order valence-electron chi connectivity index (χ2n) is 5.04. The van der Waals surface area contributed by atoms with Gasteiger partial charge >= 0.3 is 0 Å². The fourth-order valence-electron chi connectivity index (χ4n) is 2.55. The summed E-state index contributed by atoms with van der Waals surface area (Å²) in [6.07, 6.45) is 2.68. The van der Waals surface area contributed by atoms with Gasteiger partial charge in [0.2, 0.25) is 5.91 Å². The second-order valence-corrected chi connectivity index (χ2v) is 5.96. The number of benzene rings is 1. The van der Waals surface area contributed by atoms with E-state index < -0.39 is 0 Å². The van der Waals surface area contributed by atoms with Crippen molar-refractivity contribution in [3.05, 3.63) is 34.3 Å². The Balaban J connectivity index is 1.89. The number of carbonyl (C=O) groups is 1. The predicted molar refractivity (Wildman–Crippen MR) is 72.6 cm³/mol. The van der Waals surface area contributed by atoms with Crippen molar-refractivity contribution in [3.8, 4) is 0 Å². The summed E-state index contributed by atoms with van der Waals surface area (Å²) in [6.45, 7) is 2.23. The van der Waals surface area contributed by atoms with Crippen LogP contribution in [0.4, 0.5) is 0 Å². The van der Waals surface area contributed by atoms with Crippen LogP contribution in [0.3, 0.4) is 0 Å². The van der Waals surface area contributed by atoms with Gasteiger partial charge in [0.1, 0.15) is 0 Å². The highest BCUT2D eigenvalue weighted by Crippen LogP contribution is 2.53. The number of amides is 1. The van der Waals surface area contributed by atoms with E-state index in [1.165, 1.54) is 12.0 Å². The van der Waals surface area contributed by atoms with Crippen LogP contribution in [-0.2, 0) is 4.79 Å². The average molecular weight is 296 g/mol. The summed E-state index contributed by atoms with van der Waals surface area (Å²) in [5.74, 6) is 1.81. The quantitative estimate of drug-likeness (QED) is 0.888. The molecule has 1 aliphatic rings. The van der Waals surface area contributed by atoms with E-state index in [2.05, 4.69) is 47.1 Å². The molecular formula is C14H18BrNO. The Kier molecular flexibility index (Phi) is 3.87. The number of primary amides is 1. The van der Waals surface area contributed by atoms with Crippen LogP contribution >= 0.6 is 15.9 Å². The van der Waals surface area contributed by atoms with Crippen molar-refractivity contribution in [2.24, 2.45) is 17.6 Å². The molecule has 0 radical (unpaired) electrons. The molecular weight excluding hydrogens is 278 g/mol. The average Bonchev–Trinajstić information content (AvgIpc) is 3.05. The van der Waals surface area contributed by atoms with Crippen molar-refractivity contribution in [1.29, 1.82) is 0 Å². The third-order valence-corrected chi connectivity index (χ3v) is 4.19. The summed E-state index contributed by atoms with van der Waals surface area (Å²) >= 11 is 3.50. The normalized spacial score (nSPS) is 24.4. The molecule has 3 heteroatoms. The van der Waals surface area contributed by atoms with Gasteiger partial charge in [-0.2, -0.15) is 0 Å². The van der Waals surface area contributed by atoms with E-state index in [4.69, 9.17) is 5.73 Å². The monoisotopic (exact) mass is 295 g/mol. The van der Waals surface area contributed by atoms with Gasteiger partial charge in [0.25, 0.3) is 0 Å². The number of hydrogen-bond acceptors (Lipinski definition) is 1. The molecule has 0 spiro atoms. The molecule has 2 nitrogen and oxygen atoms in total. The van der Waals surface area contributed by atoms with E-state index in [-0.39, 0.29) is 5.91 Å². The zero-order valence-corrected chi connectivity index (χ0v) is 11.6. The fourth-order valence-corrected chi connectivity index (χ4v) is 2.96. The Morgan fingerprint density at radius 1 is 1.59 bits per heavy atom. The lowest BCUT2D eigenvalue weighted by Gasteiger charge is -2.09. The maximum atomic E-state index is 10.8. The van der Waals surface area contributed by atoms with Crippen molar-refractivity contribution in [2.45, 2.75) is 32.1 Å². The summed E-state index contributed by atoms with van der Waals surface area (Å²) < 4.78 is 1.14. The third kappa shape index (κ3) is 3.32. The lowest BCUT2D eigenvalue weighted by Crippen LogP contribution is -2.12. The summed E-state index contributed by atoms with van der Waals surface area (Å²) in [4.78, 5) is 10.8. The lowest BCUT2D eigenvalue weighted by molar-refractivity contribution is -0.118. The fraction of sp³-hybridized carbons (Fsp3) is 0.500. The molecule has 17 heavy (non-hydrogen) atoms. The van der Waals surface area contributed by atoms with E-state index in [1.807, 2.05) is 0 Å². The molecule has 1 saturated carbocycles. The minimum atomic E-state index is -0.184. The molecule has 0 bridgehead atoms. The number of rotatable bonds is 5. The number of nitrogens with two attached hydrogens (primary N) is 1. The van der Waals surface area contributed by atoms with Crippen LogP contribution in [0.15, 0.2) is 28.7 Å². The van der Waals surface area contributed by atoms with Crippen LogP contribution in [0.2, 0.25) is 0 Å². The van der Waals surface area contributed by atoms with Gasteiger partial charge in [0.05, 0.1) is 0 Å². The van der Waals surface area contributed by atoms with E-state index in [0.717, 1.165) is 16.8 Å². The van der Waals surface area contributed by atoms with Crippen molar-refractivity contribution < 1.29 is 4.79 Å². The van der Waals surface area contributed by atoms with Gasteiger partial charge in [0.15, 0.2) is 0 Å². The maximum Gasteiger partial charge on any atom is 0.217 e. The second kappa shape index (κ2) is 5.21. The van der Waals surface area contributed by atoms with Crippen molar-refractivity contribution in [3.63, 3.8) is 0 Å². The molecule has 0 saturated heterocycles. The molecule has 2 rings (SSSR count). The van der Waals surface area contributed by atoms with Crippen LogP contribution in [0.5, 0.6) is 0 Å². The lowest BCUT2D eigenvalue weighted by atomic mass is 9.96. The van der Waals surface area contributed by atoms with Gasteiger partial charge in [-0.1, -0.05) is 35.0 Å². The topological polar surface area (TPSA) is 43.1 Å². The largest absolute Gasteiger partial charge is 0.370 e. The molecule has 2 N–H and O–H groups in total. The zero-order chi connectivity index (χ0) is 12.4. The van der Waals surface area contributed by atoms with E-state index in [0.29, 0.717) is 18.3 Å². The van der Waals surface area contributed by atoms with Crippen molar-refractivity contribution in [1.82, 2.24) is 0 Å². The SMILES string of the molecule is CC(CCC(N)=O)C1CC1c1cccc(Br)c1. The van der Waals surface area contributed by atoms with Gasteiger partial charge in [-0.3, -0.25) is 4.79 Å². The van der Waals surface area contributed by atoms with Crippen molar-refractivity contribution in [2.75, 3.05) is 0 Å². The van der Waals surface area contributed by atoms with Crippen LogP contribution in [0.25, 0.3) is 0 Å². The summed E-state index contributed by atoms with van der Waals surface area (Å²) in [7, 11) is 0. The number of hydrogen-bond donors (Lipinski definition) is 1. The van der Waals surface area contributed by atoms with Crippen LogP contribution < -0.4 is 5.73 Å². The van der Waals surface area contributed by atoms with Gasteiger partial charge in [-0.25, -0.2) is 0 Å². The Bertz CT molecular complexity index is 418. The zero-order valence-electron chi connectivity index (χ0n) is 10.0.